The van der Waals surface area contributed by atoms with Gasteiger partial charge in [0.05, 0.1) is 17.3 Å². The molecular weight excluding hydrogens is 306 g/mol. The summed E-state index contributed by atoms with van der Waals surface area (Å²) in [4.78, 5) is 11.9. The molecule has 2 N–H and O–H groups in total. The molecule has 0 aliphatic rings. The highest BCUT2D eigenvalue weighted by atomic mass is 32.2. The number of alkyl carbamates (subject to hydrolysis) is 1. The summed E-state index contributed by atoms with van der Waals surface area (Å²) < 4.78 is 28.6. The number of carbonyl (C=O) groups excluding carboxylic acids is 1. The number of aliphatic hydroxyl groups excluding tert-OH is 1. The average Bonchev–Trinajstić information content (AvgIpc) is 2.43. The molecule has 0 radical (unpaired) electrons. The van der Waals surface area contributed by atoms with E-state index in [1.165, 1.54) is 24.3 Å². The van der Waals surface area contributed by atoms with Gasteiger partial charge in [0, 0.05) is 5.54 Å². The second-order valence-electron chi connectivity index (χ2n) is 5.92. The van der Waals surface area contributed by atoms with Crippen molar-refractivity contribution in [1.29, 1.82) is 0 Å². The van der Waals surface area contributed by atoms with Gasteiger partial charge in [-0.1, -0.05) is 19.1 Å². The summed E-state index contributed by atoms with van der Waals surface area (Å²) in [5.41, 5.74) is 0.0810. The summed E-state index contributed by atoms with van der Waals surface area (Å²) in [5, 5.41) is 12.0. The quantitative estimate of drug-likeness (QED) is 0.862. The van der Waals surface area contributed by atoms with E-state index < -0.39 is 34.2 Å². The van der Waals surface area contributed by atoms with Crippen LogP contribution in [0.15, 0.2) is 29.2 Å². The van der Waals surface area contributed by atoms with E-state index >= 15 is 0 Å². The van der Waals surface area contributed by atoms with Gasteiger partial charge < -0.3 is 15.2 Å². The predicted octanol–water partition coefficient (Wildman–Crippen LogP) is 2.04. The van der Waals surface area contributed by atoms with Gasteiger partial charge in [0.25, 0.3) is 0 Å². The lowest BCUT2D eigenvalue weighted by atomic mass is 10.1. The van der Waals surface area contributed by atoms with E-state index in [1.54, 1.807) is 6.92 Å². The SMILES string of the molecule is CCS(=O)(=O)c1ccc(C(CO)OC(=O)NC(C)(C)C)cc1. The molecule has 22 heavy (non-hydrogen) atoms. The molecule has 0 aliphatic carbocycles. The third-order valence-corrected chi connectivity index (χ3v) is 4.63. The van der Waals surface area contributed by atoms with Crippen molar-refractivity contribution in [3.05, 3.63) is 29.8 Å². The fraction of sp³-hybridized carbons (Fsp3) is 0.533. The zero-order valence-electron chi connectivity index (χ0n) is 13.3. The van der Waals surface area contributed by atoms with Crippen molar-refractivity contribution < 1.29 is 23.1 Å². The van der Waals surface area contributed by atoms with Crippen molar-refractivity contribution in [2.45, 2.75) is 44.2 Å². The van der Waals surface area contributed by atoms with Gasteiger partial charge in [0.1, 0.15) is 0 Å². The number of ether oxygens (including phenoxy) is 1. The van der Waals surface area contributed by atoms with Crippen molar-refractivity contribution in [2.75, 3.05) is 12.4 Å². The molecule has 0 saturated carbocycles. The van der Waals surface area contributed by atoms with E-state index in [4.69, 9.17) is 4.74 Å². The molecule has 0 fully saturated rings. The molecule has 0 aromatic heterocycles. The Hall–Kier alpha value is -1.60. The second kappa shape index (κ2) is 7.11. The maximum absolute atomic E-state index is 11.7. The lowest BCUT2D eigenvalue weighted by Crippen LogP contribution is -2.41. The summed E-state index contributed by atoms with van der Waals surface area (Å²) >= 11 is 0. The zero-order chi connectivity index (χ0) is 17.0. The minimum atomic E-state index is -3.28. The van der Waals surface area contributed by atoms with Gasteiger partial charge >= 0.3 is 6.09 Å². The standard InChI is InChI=1S/C15H23NO5S/c1-5-22(19,20)12-8-6-11(7-9-12)13(10-17)21-14(18)16-15(2,3)4/h6-9,13,17H,5,10H2,1-4H3,(H,16,18). The van der Waals surface area contributed by atoms with Crippen LogP contribution < -0.4 is 5.32 Å². The Balaban J connectivity index is 2.86. The highest BCUT2D eigenvalue weighted by Crippen LogP contribution is 2.20. The molecule has 1 aromatic carbocycles. The monoisotopic (exact) mass is 329 g/mol. The lowest BCUT2D eigenvalue weighted by Gasteiger charge is -2.23. The molecule has 1 amide bonds. The predicted molar refractivity (Wildman–Crippen MR) is 83.4 cm³/mol. The van der Waals surface area contributed by atoms with Crippen LogP contribution in [0.5, 0.6) is 0 Å². The minimum Gasteiger partial charge on any atom is -0.439 e. The molecule has 0 heterocycles. The van der Waals surface area contributed by atoms with E-state index in [0.29, 0.717) is 5.56 Å². The van der Waals surface area contributed by atoms with Crippen LogP contribution in [0.25, 0.3) is 0 Å². The summed E-state index contributed by atoms with van der Waals surface area (Å²) in [7, 11) is -3.28. The summed E-state index contributed by atoms with van der Waals surface area (Å²) in [5.74, 6) is 0.0142. The molecule has 0 spiro atoms. The maximum atomic E-state index is 11.7. The van der Waals surface area contributed by atoms with E-state index in [-0.39, 0.29) is 10.6 Å². The van der Waals surface area contributed by atoms with Crippen molar-refractivity contribution in [1.82, 2.24) is 5.32 Å². The van der Waals surface area contributed by atoms with E-state index in [0.717, 1.165) is 0 Å². The highest BCUT2D eigenvalue weighted by molar-refractivity contribution is 7.91. The third kappa shape index (κ3) is 5.31. The van der Waals surface area contributed by atoms with Crippen LogP contribution in [-0.2, 0) is 14.6 Å². The molecule has 1 aromatic rings. The average molecular weight is 329 g/mol. The highest BCUT2D eigenvalue weighted by Gasteiger charge is 2.20. The van der Waals surface area contributed by atoms with Crippen molar-refractivity contribution in [3.8, 4) is 0 Å². The Kier molecular flexibility index (Phi) is 5.96. The summed E-state index contributed by atoms with van der Waals surface area (Å²) in [6, 6.07) is 5.96. The number of sulfone groups is 1. The van der Waals surface area contributed by atoms with Crippen LogP contribution in [0.3, 0.4) is 0 Å². The van der Waals surface area contributed by atoms with Crippen LogP contribution in [-0.4, -0.2) is 37.5 Å². The summed E-state index contributed by atoms with van der Waals surface area (Å²) in [6.07, 6.45) is -1.49. The van der Waals surface area contributed by atoms with Gasteiger partial charge in [-0.05, 0) is 38.5 Å². The number of hydrogen-bond acceptors (Lipinski definition) is 5. The van der Waals surface area contributed by atoms with Crippen LogP contribution in [0.1, 0.15) is 39.4 Å². The first-order chi connectivity index (χ1) is 10.1. The number of aliphatic hydroxyl groups is 1. The van der Waals surface area contributed by atoms with Crippen LogP contribution in [0.4, 0.5) is 4.79 Å². The van der Waals surface area contributed by atoms with Crippen molar-refractivity contribution in [2.24, 2.45) is 0 Å². The first-order valence-corrected chi connectivity index (χ1v) is 8.66. The van der Waals surface area contributed by atoms with Gasteiger partial charge in [-0.25, -0.2) is 13.2 Å². The van der Waals surface area contributed by atoms with E-state index in [2.05, 4.69) is 5.32 Å². The Morgan fingerprint density at radius 2 is 1.82 bits per heavy atom. The largest absolute Gasteiger partial charge is 0.439 e. The molecule has 7 heteroatoms. The molecule has 6 nitrogen and oxygen atoms in total. The van der Waals surface area contributed by atoms with Gasteiger partial charge in [-0.2, -0.15) is 0 Å². The lowest BCUT2D eigenvalue weighted by molar-refractivity contribution is 0.0529. The number of carbonyl (C=O) groups is 1. The molecule has 1 atom stereocenters. The van der Waals surface area contributed by atoms with Gasteiger partial charge in [0.15, 0.2) is 15.9 Å². The van der Waals surface area contributed by atoms with Crippen LogP contribution >= 0.6 is 0 Å². The molecule has 1 unspecified atom stereocenters. The first kappa shape index (κ1) is 18.4. The second-order valence-corrected chi connectivity index (χ2v) is 8.20. The van der Waals surface area contributed by atoms with Crippen LogP contribution in [0, 0.1) is 0 Å². The topological polar surface area (TPSA) is 92.7 Å². The normalized spacial score (nSPS) is 13.5. The molecule has 0 saturated heterocycles. The smallest absolute Gasteiger partial charge is 0.408 e. The molecular formula is C15H23NO5S. The Labute approximate surface area is 131 Å². The first-order valence-electron chi connectivity index (χ1n) is 7.01. The van der Waals surface area contributed by atoms with Crippen molar-refractivity contribution in [3.63, 3.8) is 0 Å². The van der Waals surface area contributed by atoms with Crippen molar-refractivity contribution >= 4 is 15.9 Å². The van der Waals surface area contributed by atoms with E-state index in [1.807, 2.05) is 20.8 Å². The number of benzene rings is 1. The molecule has 124 valence electrons. The molecule has 0 aliphatic heterocycles. The summed E-state index contributed by atoms with van der Waals surface area (Å²) in [6.45, 7) is 6.61. The van der Waals surface area contributed by atoms with E-state index in [9.17, 15) is 18.3 Å². The molecule has 1 rings (SSSR count). The Morgan fingerprint density at radius 3 is 2.23 bits per heavy atom. The number of nitrogens with one attached hydrogen (secondary N) is 1. The van der Waals surface area contributed by atoms with Gasteiger partial charge in [0.2, 0.25) is 0 Å². The fourth-order valence-electron chi connectivity index (χ4n) is 1.73. The Morgan fingerprint density at radius 1 is 1.27 bits per heavy atom. The zero-order valence-corrected chi connectivity index (χ0v) is 14.1. The van der Waals surface area contributed by atoms with Gasteiger partial charge in [-0.15, -0.1) is 0 Å². The molecule has 0 bridgehead atoms. The fourth-order valence-corrected chi connectivity index (χ4v) is 2.62. The third-order valence-electron chi connectivity index (χ3n) is 2.88. The number of rotatable bonds is 5. The number of hydrogen-bond donors (Lipinski definition) is 2. The number of amides is 1. The minimum absolute atomic E-state index is 0.0142. The Bertz CT molecular complexity index is 602. The maximum Gasteiger partial charge on any atom is 0.408 e. The van der Waals surface area contributed by atoms with Crippen LogP contribution in [0.2, 0.25) is 0 Å². The van der Waals surface area contributed by atoms with Gasteiger partial charge in [-0.3, -0.25) is 0 Å².